The highest BCUT2D eigenvalue weighted by Crippen LogP contribution is 2.26. The number of benzene rings is 2. The van der Waals surface area contributed by atoms with Crippen LogP contribution in [0.15, 0.2) is 90.3 Å². The minimum Gasteiger partial charge on any atom is -0.356 e. The zero-order chi connectivity index (χ0) is 25.7. The Morgan fingerprint density at radius 1 is 0.919 bits per heavy atom. The van der Waals surface area contributed by atoms with Gasteiger partial charge in [0.2, 0.25) is 11.9 Å². The van der Waals surface area contributed by atoms with Crippen LogP contribution in [-0.4, -0.2) is 47.4 Å². The molecule has 0 saturated carbocycles. The Morgan fingerprint density at radius 3 is 2.43 bits per heavy atom. The molecule has 2 aromatic carbocycles. The van der Waals surface area contributed by atoms with Gasteiger partial charge in [0.25, 0.3) is 10.0 Å². The quantitative estimate of drug-likeness (QED) is 0.382. The van der Waals surface area contributed by atoms with Crippen molar-refractivity contribution in [1.29, 1.82) is 0 Å². The molecule has 1 aliphatic heterocycles. The molecule has 1 fully saturated rings. The summed E-state index contributed by atoms with van der Waals surface area (Å²) in [7, 11) is -3.85. The summed E-state index contributed by atoms with van der Waals surface area (Å²) in [5.41, 5.74) is 2.36. The smallest absolute Gasteiger partial charge is 0.264 e. The molecule has 2 aromatic heterocycles. The predicted molar refractivity (Wildman–Crippen MR) is 140 cm³/mol. The Labute approximate surface area is 214 Å². The molecular weight excluding hydrogens is 490 g/mol. The van der Waals surface area contributed by atoms with E-state index in [1.54, 1.807) is 24.5 Å². The van der Waals surface area contributed by atoms with Gasteiger partial charge in [-0.15, -0.1) is 0 Å². The van der Waals surface area contributed by atoms with Crippen LogP contribution in [0.5, 0.6) is 0 Å². The fourth-order valence-electron chi connectivity index (χ4n) is 4.18. The molecule has 10 nitrogen and oxygen atoms in total. The lowest BCUT2D eigenvalue weighted by Gasteiger charge is -2.33. The molecule has 37 heavy (non-hydrogen) atoms. The Kier molecular flexibility index (Phi) is 7.04. The van der Waals surface area contributed by atoms with E-state index in [1.165, 1.54) is 24.5 Å². The van der Waals surface area contributed by atoms with Crippen LogP contribution in [-0.2, 0) is 14.8 Å². The number of nitrogens with one attached hydrogen (secondary N) is 2. The van der Waals surface area contributed by atoms with Gasteiger partial charge < -0.3 is 10.2 Å². The van der Waals surface area contributed by atoms with Crippen molar-refractivity contribution in [3.05, 3.63) is 85.5 Å². The van der Waals surface area contributed by atoms with E-state index in [0.717, 1.165) is 36.5 Å². The molecule has 4 aromatic rings. The SMILES string of the molecule is O=C(Nc1ccc(S(=O)(=O)Nc2ncccn2)cc1)C1CCCN(c2cc(-c3ccccc3)ncn2)C1. The highest BCUT2D eigenvalue weighted by molar-refractivity contribution is 7.92. The maximum atomic E-state index is 13.0. The molecule has 3 heterocycles. The summed E-state index contributed by atoms with van der Waals surface area (Å²) in [5.74, 6) is 0.426. The summed E-state index contributed by atoms with van der Waals surface area (Å²) in [6.45, 7) is 1.34. The van der Waals surface area contributed by atoms with Gasteiger partial charge in [0.05, 0.1) is 16.5 Å². The van der Waals surface area contributed by atoms with E-state index in [2.05, 4.69) is 34.9 Å². The van der Waals surface area contributed by atoms with Crippen molar-refractivity contribution >= 4 is 33.4 Å². The highest BCUT2D eigenvalue weighted by atomic mass is 32.2. The molecule has 11 heteroatoms. The number of sulfonamides is 1. The third-order valence-corrected chi connectivity index (χ3v) is 7.41. The molecule has 0 bridgehead atoms. The number of hydrogen-bond donors (Lipinski definition) is 2. The zero-order valence-corrected chi connectivity index (χ0v) is 20.7. The summed E-state index contributed by atoms with van der Waals surface area (Å²) >= 11 is 0. The molecule has 5 rings (SSSR count). The topological polar surface area (TPSA) is 130 Å². The standard InChI is InChI=1S/C26H25N7O3S/c34-25(31-21-9-11-22(12-10-21)37(35,36)32-26-27-13-5-14-28-26)20-8-4-15-33(17-20)24-16-23(29-18-30-24)19-6-2-1-3-7-19/h1-3,5-7,9-14,16,18,20H,4,8,15,17H2,(H,31,34)(H,27,28,32). The Morgan fingerprint density at radius 2 is 1.68 bits per heavy atom. The highest BCUT2D eigenvalue weighted by Gasteiger charge is 2.27. The van der Waals surface area contributed by atoms with Gasteiger partial charge in [-0.3, -0.25) is 4.79 Å². The Hall–Kier alpha value is -4.38. The minimum absolute atomic E-state index is 0.0127. The number of amides is 1. The lowest BCUT2D eigenvalue weighted by molar-refractivity contribution is -0.120. The molecule has 2 N–H and O–H groups in total. The van der Waals surface area contributed by atoms with Gasteiger partial charge in [0, 0.05) is 42.8 Å². The molecular formula is C26H25N7O3S. The first kappa shape index (κ1) is 24.3. The monoisotopic (exact) mass is 515 g/mol. The second kappa shape index (κ2) is 10.7. The average Bonchev–Trinajstić information content (AvgIpc) is 2.94. The fourth-order valence-corrected chi connectivity index (χ4v) is 5.14. The van der Waals surface area contributed by atoms with Crippen LogP contribution in [0, 0.1) is 5.92 Å². The van der Waals surface area contributed by atoms with Gasteiger partial charge in [-0.1, -0.05) is 30.3 Å². The van der Waals surface area contributed by atoms with E-state index in [1.807, 2.05) is 36.4 Å². The van der Waals surface area contributed by atoms with Gasteiger partial charge in [0.1, 0.15) is 12.1 Å². The van der Waals surface area contributed by atoms with Crippen LogP contribution < -0.4 is 14.9 Å². The van der Waals surface area contributed by atoms with Crippen LogP contribution in [0.3, 0.4) is 0 Å². The maximum absolute atomic E-state index is 13.0. The fraction of sp³-hybridized carbons (Fsp3) is 0.192. The second-order valence-electron chi connectivity index (χ2n) is 8.60. The number of rotatable bonds is 7. The number of nitrogens with zero attached hydrogens (tertiary/aromatic N) is 5. The summed E-state index contributed by atoms with van der Waals surface area (Å²) < 4.78 is 27.5. The van der Waals surface area contributed by atoms with Crippen LogP contribution in [0.4, 0.5) is 17.5 Å². The van der Waals surface area contributed by atoms with E-state index in [9.17, 15) is 13.2 Å². The molecule has 1 amide bonds. The van der Waals surface area contributed by atoms with Gasteiger partial charge in [-0.2, -0.15) is 0 Å². The zero-order valence-electron chi connectivity index (χ0n) is 19.9. The van der Waals surface area contributed by atoms with Crippen molar-refractivity contribution in [2.24, 2.45) is 5.92 Å². The van der Waals surface area contributed by atoms with Crippen molar-refractivity contribution in [2.45, 2.75) is 17.7 Å². The van der Waals surface area contributed by atoms with Gasteiger partial charge >= 0.3 is 0 Å². The minimum atomic E-state index is -3.85. The summed E-state index contributed by atoms with van der Waals surface area (Å²) in [6, 6.07) is 19.4. The van der Waals surface area contributed by atoms with E-state index in [4.69, 9.17) is 0 Å². The van der Waals surface area contributed by atoms with E-state index < -0.39 is 10.0 Å². The number of carbonyl (C=O) groups excluding carboxylic acids is 1. The van der Waals surface area contributed by atoms with Crippen LogP contribution in [0.2, 0.25) is 0 Å². The number of carbonyl (C=O) groups is 1. The van der Waals surface area contributed by atoms with Crippen molar-refractivity contribution in [3.8, 4) is 11.3 Å². The number of piperidine rings is 1. The summed E-state index contributed by atoms with van der Waals surface area (Å²) in [6.07, 6.45) is 6.06. The number of hydrogen-bond acceptors (Lipinski definition) is 8. The van der Waals surface area contributed by atoms with Crippen LogP contribution >= 0.6 is 0 Å². The first-order valence-corrected chi connectivity index (χ1v) is 13.3. The van der Waals surface area contributed by atoms with E-state index in [-0.39, 0.29) is 22.7 Å². The molecule has 0 spiro atoms. The largest absolute Gasteiger partial charge is 0.356 e. The maximum Gasteiger partial charge on any atom is 0.264 e. The lowest BCUT2D eigenvalue weighted by Crippen LogP contribution is -2.41. The van der Waals surface area contributed by atoms with Gasteiger partial charge in [-0.05, 0) is 43.2 Å². The van der Waals surface area contributed by atoms with Crippen molar-refractivity contribution < 1.29 is 13.2 Å². The van der Waals surface area contributed by atoms with Crippen LogP contribution in [0.1, 0.15) is 12.8 Å². The predicted octanol–water partition coefficient (Wildman–Crippen LogP) is 3.59. The van der Waals surface area contributed by atoms with Crippen molar-refractivity contribution in [2.75, 3.05) is 28.0 Å². The molecule has 0 radical (unpaired) electrons. The number of anilines is 3. The lowest BCUT2D eigenvalue weighted by atomic mass is 9.97. The summed E-state index contributed by atoms with van der Waals surface area (Å²) in [5, 5.41) is 2.91. The Bertz CT molecular complexity index is 1470. The van der Waals surface area contributed by atoms with Crippen molar-refractivity contribution in [3.63, 3.8) is 0 Å². The summed E-state index contributed by atoms with van der Waals surface area (Å²) in [4.78, 5) is 31.8. The Balaban J connectivity index is 1.23. The van der Waals surface area contributed by atoms with E-state index in [0.29, 0.717) is 12.2 Å². The van der Waals surface area contributed by atoms with E-state index >= 15 is 0 Å². The van der Waals surface area contributed by atoms with Gasteiger partial charge in [-0.25, -0.2) is 33.1 Å². The molecule has 1 atom stereocenters. The molecule has 1 unspecified atom stereocenters. The second-order valence-corrected chi connectivity index (χ2v) is 10.3. The first-order chi connectivity index (χ1) is 18.0. The van der Waals surface area contributed by atoms with Crippen molar-refractivity contribution in [1.82, 2.24) is 19.9 Å². The van der Waals surface area contributed by atoms with Crippen LogP contribution in [0.25, 0.3) is 11.3 Å². The molecule has 1 saturated heterocycles. The molecule has 1 aliphatic rings. The molecule has 0 aliphatic carbocycles. The van der Waals surface area contributed by atoms with Gasteiger partial charge in [0.15, 0.2) is 0 Å². The normalized spacial score (nSPS) is 15.7. The third kappa shape index (κ3) is 5.89. The number of aromatic nitrogens is 4. The first-order valence-electron chi connectivity index (χ1n) is 11.8. The molecule has 188 valence electrons. The third-order valence-electron chi connectivity index (χ3n) is 6.06. The average molecular weight is 516 g/mol.